The van der Waals surface area contributed by atoms with E-state index >= 15 is 0 Å². The van der Waals surface area contributed by atoms with E-state index in [2.05, 4.69) is 15.4 Å². The average molecular weight is 818 g/mol. The fourth-order valence-electron chi connectivity index (χ4n) is 0.750. The first-order valence-corrected chi connectivity index (χ1v) is 12.7. The molecule has 3 N–H and O–H groups in total. The molecule has 0 bridgehead atoms. The van der Waals surface area contributed by atoms with Gasteiger partial charge in [0.2, 0.25) is 11.8 Å². The Kier molecular flexibility index (Phi) is 117. The van der Waals surface area contributed by atoms with E-state index in [1.807, 2.05) is 27.7 Å². The minimum atomic E-state index is -0.833. The number of rotatable bonds is 1. The fourth-order valence-corrected chi connectivity index (χ4v) is 0.750. The van der Waals surface area contributed by atoms with Gasteiger partial charge in [-0.2, -0.15) is 0 Å². The summed E-state index contributed by atoms with van der Waals surface area (Å²) < 4.78 is 3.86. The molecular formula is C26H58N2O6VWY. The molecule has 0 spiro atoms. The molecule has 3 fully saturated rings. The van der Waals surface area contributed by atoms with Crippen LogP contribution in [0.25, 0.3) is 0 Å². The molecule has 0 aliphatic heterocycles. The van der Waals surface area contributed by atoms with Gasteiger partial charge in [0.05, 0.1) is 7.11 Å². The monoisotopic (exact) mass is 818 g/mol. The Morgan fingerprint density at radius 1 is 0.649 bits per heavy atom. The molecule has 0 aromatic rings. The molecule has 3 aliphatic carbocycles. The number of amides is 2. The minimum Gasteiger partial charge on any atom is -0.481 e. The third-order valence-electron chi connectivity index (χ3n) is 3.80. The molecule has 37 heavy (non-hydrogen) atoms. The van der Waals surface area contributed by atoms with Gasteiger partial charge < -0.3 is 20.5 Å². The van der Waals surface area contributed by atoms with Gasteiger partial charge in [0.1, 0.15) is 0 Å². The number of methoxy groups -OCH3 is 1. The zero-order valence-electron chi connectivity index (χ0n) is 25.5. The molecule has 2 radical (unpaired) electrons. The summed E-state index contributed by atoms with van der Waals surface area (Å²) in [5.41, 5.74) is 0. The van der Waals surface area contributed by atoms with Crippen LogP contribution in [0.4, 0.5) is 0 Å². The van der Waals surface area contributed by atoms with Crippen LogP contribution in [0.2, 0.25) is 0 Å². The Morgan fingerprint density at radius 3 is 0.730 bits per heavy atom. The number of nitrogens with one attached hydrogen (secondary N) is 2. The van der Waals surface area contributed by atoms with Crippen molar-refractivity contribution < 1.29 is 101 Å². The van der Waals surface area contributed by atoms with Crippen molar-refractivity contribution in [2.45, 2.75) is 126 Å². The van der Waals surface area contributed by atoms with E-state index in [4.69, 9.17) is 14.7 Å². The van der Waals surface area contributed by atoms with Crippen molar-refractivity contribution in [1.29, 1.82) is 0 Å². The van der Waals surface area contributed by atoms with E-state index in [-0.39, 0.29) is 84.1 Å². The maximum absolute atomic E-state index is 9.70. The van der Waals surface area contributed by atoms with Crippen molar-refractivity contribution in [2.24, 2.45) is 0 Å². The molecule has 11 heteroatoms. The summed E-state index contributed by atoms with van der Waals surface area (Å²) in [5, 5.41) is 12.2. The zero-order valence-corrected chi connectivity index (χ0v) is 32.7. The molecule has 2 amide bonds. The Bertz CT molecular complexity index is 350. The maximum atomic E-state index is 9.70. The van der Waals surface area contributed by atoms with E-state index in [9.17, 15) is 9.59 Å². The predicted octanol–water partition coefficient (Wildman–Crippen LogP) is 6.11. The fraction of sp³-hybridized carbons (Fsp3) is 0.846. The number of carbonyl (C=O) groups excluding carboxylic acids is 3. The van der Waals surface area contributed by atoms with Crippen LogP contribution in [0.5, 0.6) is 0 Å². The third-order valence-corrected chi connectivity index (χ3v) is 3.80. The predicted molar refractivity (Wildman–Crippen MR) is 144 cm³/mol. The quantitative estimate of drug-likeness (QED) is 0.275. The first-order chi connectivity index (χ1) is 16.2. The van der Waals surface area contributed by atoms with Gasteiger partial charge in [-0.1, -0.05) is 105 Å². The second-order valence-corrected chi connectivity index (χ2v) is 6.71. The van der Waals surface area contributed by atoms with Gasteiger partial charge in [0, 0.05) is 107 Å². The van der Waals surface area contributed by atoms with Crippen LogP contribution in [0, 0.1) is 0 Å². The summed E-state index contributed by atoms with van der Waals surface area (Å²) >= 11 is 0. The van der Waals surface area contributed by atoms with Crippen molar-refractivity contribution in [2.75, 3.05) is 21.2 Å². The molecule has 8 nitrogen and oxygen atoms in total. The van der Waals surface area contributed by atoms with Crippen LogP contribution >= 0.6 is 0 Å². The molecule has 3 aliphatic rings. The van der Waals surface area contributed by atoms with Crippen molar-refractivity contribution in [1.82, 2.24) is 10.6 Å². The van der Waals surface area contributed by atoms with Gasteiger partial charge >= 0.3 is 0 Å². The molecule has 0 heterocycles. The van der Waals surface area contributed by atoms with E-state index in [1.165, 1.54) is 98.0 Å². The van der Waals surface area contributed by atoms with Gasteiger partial charge in [0.25, 0.3) is 12.4 Å². The molecule has 222 valence electrons. The van der Waals surface area contributed by atoms with Crippen LogP contribution in [0.3, 0.4) is 0 Å². The number of aliphatic carboxylic acids is 1. The first kappa shape index (κ1) is 61.3. The molecule has 0 unspecified atom stereocenters. The second kappa shape index (κ2) is 70.7. The number of hydrogen-bond acceptors (Lipinski definition) is 5. The van der Waals surface area contributed by atoms with E-state index in [0.717, 1.165) is 6.92 Å². The zero-order chi connectivity index (χ0) is 28.0. The molecule has 0 aromatic heterocycles. The summed E-state index contributed by atoms with van der Waals surface area (Å²) in [6.45, 7) is 12.4. The van der Waals surface area contributed by atoms with Crippen molar-refractivity contribution in [3.8, 4) is 0 Å². The Balaban J connectivity index is -0.0000000341. The summed E-state index contributed by atoms with van der Waals surface area (Å²) in [6, 6.07) is 0. The van der Waals surface area contributed by atoms with Gasteiger partial charge in [-0.15, -0.1) is 0 Å². The van der Waals surface area contributed by atoms with Gasteiger partial charge in [-0.05, 0) is 0 Å². The topological polar surface area (TPSA) is 122 Å². The third kappa shape index (κ3) is 143. The van der Waals surface area contributed by atoms with Crippen molar-refractivity contribution >= 4 is 24.3 Å². The van der Waals surface area contributed by atoms with Crippen LogP contribution < -0.4 is 10.6 Å². The smallest absolute Gasteiger partial charge is 0.300 e. The van der Waals surface area contributed by atoms with E-state index in [1.54, 1.807) is 14.1 Å². The van der Waals surface area contributed by atoms with Crippen LogP contribution in [-0.4, -0.2) is 50.6 Å². The summed E-state index contributed by atoms with van der Waals surface area (Å²) in [7, 11) is 4.51. The average Bonchev–Trinajstić information content (AvgIpc) is 2.67. The number of carboxylic acids is 1. The molecule has 0 atom stereocenters. The number of hydrogen-bond donors (Lipinski definition) is 3. The standard InChI is InChI=1S/3C4H8.2C3H7NO.2C2H4O2.2C2H6.V.W.Y/c3*1-2-4-3-1;2*1-3(5)4-2;1-4-2-3;1-2(3)4;2*1-2;;;/h3*1-4H2;2*1-2H3,(H,4,5);2H,1H3;1H3,(H,3,4);2*1-2H3;;;. The largest absolute Gasteiger partial charge is 0.481 e. The van der Waals surface area contributed by atoms with Crippen LogP contribution in [0.1, 0.15) is 126 Å². The van der Waals surface area contributed by atoms with E-state index < -0.39 is 5.97 Å². The Hall–Kier alpha value is 0.257. The normalized spacial score (nSPS) is 11.2. The van der Waals surface area contributed by atoms with Gasteiger partial charge in [0.15, 0.2) is 0 Å². The summed E-state index contributed by atoms with van der Waals surface area (Å²) in [6.07, 6.45) is 18.0. The molecular weight excluding hydrogens is 760 g/mol. The van der Waals surface area contributed by atoms with Crippen molar-refractivity contribution in [3.05, 3.63) is 0 Å². The SMILES string of the molecule is C1CCC1.C1CCC1.C1CCC1.CC.CC.CC(=O)O.CNC(C)=O.CNC(C)=O.COC=O.[V].[W].[Y]. The Labute approximate surface area is 280 Å². The first-order valence-electron chi connectivity index (χ1n) is 12.7. The van der Waals surface area contributed by atoms with Crippen LogP contribution in [-0.2, 0) is 96.2 Å². The number of carbonyl (C=O) groups is 4. The minimum absolute atomic E-state index is 0. The number of carboxylic acid groups (broad SMARTS) is 1. The second-order valence-electron chi connectivity index (χ2n) is 6.71. The summed E-state index contributed by atoms with van der Waals surface area (Å²) in [5.74, 6) is -0.824. The number of ether oxygens (including phenoxy) is 1. The Morgan fingerprint density at radius 2 is 0.730 bits per heavy atom. The van der Waals surface area contributed by atoms with E-state index in [0.29, 0.717) is 6.47 Å². The molecule has 0 saturated heterocycles. The maximum Gasteiger partial charge on any atom is 0.300 e. The molecule has 0 aromatic carbocycles. The molecule has 3 saturated carbocycles. The molecule has 3 rings (SSSR count). The van der Waals surface area contributed by atoms with Crippen LogP contribution in [0.15, 0.2) is 0 Å². The van der Waals surface area contributed by atoms with Gasteiger partial charge in [-0.3, -0.25) is 19.2 Å². The van der Waals surface area contributed by atoms with Gasteiger partial charge in [-0.25, -0.2) is 0 Å². The van der Waals surface area contributed by atoms with Crippen molar-refractivity contribution in [3.63, 3.8) is 0 Å². The summed E-state index contributed by atoms with van der Waals surface area (Å²) in [4.78, 5) is 37.4.